The maximum Gasteiger partial charge on any atom is 0.418 e. The molecule has 0 radical (unpaired) electrons. The number of aliphatic hydroxyl groups excluding tert-OH is 1. The lowest BCUT2D eigenvalue weighted by Crippen LogP contribution is -2.20. The zero-order valence-corrected chi connectivity index (χ0v) is 8.80. The van der Waals surface area contributed by atoms with E-state index in [0.717, 1.165) is 19.2 Å². The Kier molecular flexibility index (Phi) is 3.54. The number of phenolic OH excluding ortho intramolecular Hbond substituents is 1. The molecule has 2 N–H and O–H groups in total. The Hall–Kier alpha value is -1.14. The molecule has 0 amide bonds. The molecule has 1 aromatic rings. The van der Waals surface area contributed by atoms with Crippen molar-refractivity contribution < 1.29 is 28.1 Å². The number of alkyl halides is 3. The van der Waals surface area contributed by atoms with Crippen LogP contribution in [0.1, 0.15) is 11.7 Å². The highest BCUT2D eigenvalue weighted by atomic mass is 35.5. The van der Waals surface area contributed by atoms with E-state index in [0.29, 0.717) is 0 Å². The number of hydrogen-bond acceptors (Lipinski definition) is 3. The maximum atomic E-state index is 12.2. The van der Waals surface area contributed by atoms with Crippen LogP contribution in [-0.2, 0) is 0 Å². The summed E-state index contributed by atoms with van der Waals surface area (Å²) in [6.45, 7) is 0. The number of hydrogen-bond donors (Lipinski definition) is 2. The quantitative estimate of drug-likeness (QED) is 0.855. The molecule has 0 spiro atoms. The van der Waals surface area contributed by atoms with Gasteiger partial charge in [-0.3, -0.25) is 0 Å². The van der Waals surface area contributed by atoms with Gasteiger partial charge in [0, 0.05) is 0 Å². The van der Waals surface area contributed by atoms with Crippen molar-refractivity contribution in [3.63, 3.8) is 0 Å². The van der Waals surface area contributed by atoms with Crippen molar-refractivity contribution in [1.82, 2.24) is 0 Å². The molecule has 1 atom stereocenters. The Morgan fingerprint density at radius 1 is 1.38 bits per heavy atom. The molecule has 16 heavy (non-hydrogen) atoms. The molecule has 1 rings (SSSR count). The summed E-state index contributed by atoms with van der Waals surface area (Å²) in [4.78, 5) is 0. The van der Waals surface area contributed by atoms with Gasteiger partial charge in [-0.2, -0.15) is 13.2 Å². The van der Waals surface area contributed by atoms with Crippen molar-refractivity contribution in [2.24, 2.45) is 0 Å². The van der Waals surface area contributed by atoms with Gasteiger partial charge in [-0.1, -0.05) is 11.6 Å². The smallest absolute Gasteiger partial charge is 0.418 e. The van der Waals surface area contributed by atoms with Gasteiger partial charge in [0.1, 0.15) is 0 Å². The average Bonchev–Trinajstić information content (AvgIpc) is 2.19. The van der Waals surface area contributed by atoms with Gasteiger partial charge >= 0.3 is 6.18 Å². The van der Waals surface area contributed by atoms with Crippen molar-refractivity contribution in [2.45, 2.75) is 12.3 Å². The van der Waals surface area contributed by atoms with Crippen LogP contribution in [0.15, 0.2) is 12.1 Å². The van der Waals surface area contributed by atoms with Gasteiger partial charge in [0.15, 0.2) is 17.6 Å². The third kappa shape index (κ3) is 2.51. The molecule has 3 nitrogen and oxygen atoms in total. The number of rotatable bonds is 2. The number of methoxy groups -OCH3 is 1. The van der Waals surface area contributed by atoms with Gasteiger partial charge in [0.05, 0.1) is 12.1 Å². The normalized spacial score (nSPS) is 13.6. The van der Waals surface area contributed by atoms with Gasteiger partial charge in [-0.25, -0.2) is 0 Å². The van der Waals surface area contributed by atoms with Gasteiger partial charge in [0.2, 0.25) is 0 Å². The summed E-state index contributed by atoms with van der Waals surface area (Å²) < 4.78 is 41.2. The lowest BCUT2D eigenvalue weighted by Gasteiger charge is -2.16. The second-order valence-electron chi connectivity index (χ2n) is 3.00. The first kappa shape index (κ1) is 12.9. The lowest BCUT2D eigenvalue weighted by molar-refractivity contribution is -0.206. The first-order valence-electron chi connectivity index (χ1n) is 4.08. The standard InChI is InChI=1S/C9H8ClF3O3/c1-16-6-3-4(2-5(10)7(6)14)8(15)9(11,12)13/h2-3,8,14-15H,1H3. The Morgan fingerprint density at radius 2 is 1.94 bits per heavy atom. The van der Waals surface area contributed by atoms with Crippen molar-refractivity contribution >= 4 is 11.6 Å². The van der Waals surface area contributed by atoms with Crippen LogP contribution in [0, 0.1) is 0 Å². The van der Waals surface area contributed by atoms with E-state index in [1.165, 1.54) is 0 Å². The maximum absolute atomic E-state index is 12.2. The summed E-state index contributed by atoms with van der Waals surface area (Å²) >= 11 is 5.48. The van der Waals surface area contributed by atoms with E-state index in [1.54, 1.807) is 0 Å². The van der Waals surface area contributed by atoms with Crippen molar-refractivity contribution in [3.05, 3.63) is 22.7 Å². The number of halogens is 4. The second-order valence-corrected chi connectivity index (χ2v) is 3.40. The number of aromatic hydroxyl groups is 1. The first-order valence-corrected chi connectivity index (χ1v) is 4.46. The largest absolute Gasteiger partial charge is 0.503 e. The average molecular weight is 257 g/mol. The zero-order chi connectivity index (χ0) is 12.5. The predicted octanol–water partition coefficient (Wildman–Crippen LogP) is 2.65. The molecular formula is C9H8ClF3O3. The van der Waals surface area contributed by atoms with Gasteiger partial charge in [-0.15, -0.1) is 0 Å². The van der Waals surface area contributed by atoms with E-state index in [2.05, 4.69) is 4.74 Å². The minimum Gasteiger partial charge on any atom is -0.503 e. The van der Waals surface area contributed by atoms with Crippen LogP contribution in [-0.4, -0.2) is 23.5 Å². The van der Waals surface area contributed by atoms with Crippen molar-refractivity contribution in [1.29, 1.82) is 0 Å². The van der Waals surface area contributed by atoms with Gasteiger partial charge < -0.3 is 14.9 Å². The molecule has 0 heterocycles. The van der Waals surface area contributed by atoms with Crippen LogP contribution in [0.5, 0.6) is 11.5 Å². The van der Waals surface area contributed by atoms with Gasteiger partial charge in [0.25, 0.3) is 0 Å². The Labute approximate surface area is 94.0 Å². The summed E-state index contributed by atoms with van der Waals surface area (Å²) in [5.74, 6) is -0.701. The molecule has 0 aliphatic carbocycles. The predicted molar refractivity (Wildman–Crippen MR) is 50.7 cm³/mol. The second kappa shape index (κ2) is 4.39. The minimum atomic E-state index is -4.80. The van der Waals surface area contributed by atoms with Crippen LogP contribution in [0.4, 0.5) is 13.2 Å². The summed E-state index contributed by atoms with van der Waals surface area (Å²) in [6, 6.07) is 1.71. The highest BCUT2D eigenvalue weighted by Crippen LogP contribution is 2.40. The van der Waals surface area contributed by atoms with Crippen LogP contribution < -0.4 is 4.74 Å². The van der Waals surface area contributed by atoms with Crippen LogP contribution in [0.25, 0.3) is 0 Å². The molecule has 90 valence electrons. The third-order valence-electron chi connectivity index (χ3n) is 1.90. The Bertz CT molecular complexity index is 392. The molecule has 0 bridgehead atoms. The monoisotopic (exact) mass is 256 g/mol. The van der Waals surface area contributed by atoms with E-state index in [1.807, 2.05) is 0 Å². The van der Waals surface area contributed by atoms with Crippen molar-refractivity contribution in [2.75, 3.05) is 7.11 Å². The number of phenols is 1. The minimum absolute atomic E-state index is 0.231. The molecule has 1 unspecified atom stereocenters. The van der Waals surface area contributed by atoms with E-state index >= 15 is 0 Å². The summed E-state index contributed by atoms with van der Waals surface area (Å²) in [5, 5.41) is 17.9. The first-order chi connectivity index (χ1) is 7.27. The fourth-order valence-electron chi connectivity index (χ4n) is 1.10. The number of aliphatic hydroxyl groups is 1. The SMILES string of the molecule is COc1cc(C(O)C(F)(F)F)cc(Cl)c1O. The number of benzene rings is 1. The Balaban J connectivity index is 3.21. The van der Waals surface area contributed by atoms with E-state index in [-0.39, 0.29) is 10.8 Å². The number of ether oxygens (including phenoxy) is 1. The molecule has 0 aliphatic heterocycles. The topological polar surface area (TPSA) is 49.7 Å². The molecular weight excluding hydrogens is 249 g/mol. The molecule has 0 aliphatic rings. The molecule has 0 saturated heterocycles. The molecule has 1 aromatic carbocycles. The Morgan fingerprint density at radius 3 is 2.38 bits per heavy atom. The van der Waals surface area contributed by atoms with E-state index < -0.39 is 23.6 Å². The van der Waals surface area contributed by atoms with E-state index in [9.17, 15) is 18.3 Å². The highest BCUT2D eigenvalue weighted by Gasteiger charge is 2.40. The summed E-state index contributed by atoms with van der Waals surface area (Å²) in [5.41, 5.74) is -0.493. The van der Waals surface area contributed by atoms with Gasteiger partial charge in [-0.05, 0) is 17.7 Å². The highest BCUT2D eigenvalue weighted by molar-refractivity contribution is 6.32. The lowest BCUT2D eigenvalue weighted by atomic mass is 10.1. The summed E-state index contributed by atoms with van der Waals surface area (Å²) in [6.07, 6.45) is -7.47. The molecule has 0 aromatic heterocycles. The third-order valence-corrected chi connectivity index (χ3v) is 2.18. The fourth-order valence-corrected chi connectivity index (χ4v) is 1.32. The van der Waals surface area contributed by atoms with E-state index in [4.69, 9.17) is 16.7 Å². The van der Waals surface area contributed by atoms with Crippen LogP contribution in [0.3, 0.4) is 0 Å². The zero-order valence-electron chi connectivity index (χ0n) is 8.05. The van der Waals surface area contributed by atoms with Crippen molar-refractivity contribution in [3.8, 4) is 11.5 Å². The molecule has 0 saturated carbocycles. The summed E-state index contributed by atoms with van der Waals surface area (Å²) in [7, 11) is 1.16. The molecule has 7 heteroatoms. The molecule has 0 fully saturated rings. The van der Waals surface area contributed by atoms with Crippen LogP contribution in [0.2, 0.25) is 5.02 Å². The fraction of sp³-hybridized carbons (Fsp3) is 0.333. The van der Waals surface area contributed by atoms with Crippen LogP contribution >= 0.6 is 11.6 Å².